The van der Waals surface area contributed by atoms with Crippen LogP contribution in [-0.4, -0.2) is 48.9 Å². The summed E-state index contributed by atoms with van der Waals surface area (Å²) < 4.78 is 0. The molecule has 0 radical (unpaired) electrons. The zero-order valence-electron chi connectivity index (χ0n) is 13.3. The minimum Gasteiger partial charge on any atom is -0.399 e. The van der Waals surface area contributed by atoms with Crippen LogP contribution in [0.2, 0.25) is 0 Å². The van der Waals surface area contributed by atoms with Crippen molar-refractivity contribution in [3.8, 4) is 0 Å². The van der Waals surface area contributed by atoms with Crippen LogP contribution in [0.25, 0.3) is 0 Å². The molecular formula is C17H24N4O2. The van der Waals surface area contributed by atoms with Crippen LogP contribution in [0.15, 0.2) is 24.3 Å². The molecule has 0 spiro atoms. The lowest BCUT2D eigenvalue weighted by Crippen LogP contribution is -2.42. The van der Waals surface area contributed by atoms with E-state index in [4.69, 9.17) is 5.73 Å². The standard InChI is InChI=1S/C17H24N4O2/c18-14-5-3-4-13(9-14)16(22)20-11-12-8-15(19-10-12)17(23)21-6-1-2-7-21/h3-5,9,12,15,19H,1-2,6-8,10-11,18H2,(H,20,22). The Labute approximate surface area is 136 Å². The second kappa shape index (κ2) is 7.00. The molecule has 2 fully saturated rings. The summed E-state index contributed by atoms with van der Waals surface area (Å²) in [4.78, 5) is 26.4. The second-order valence-electron chi connectivity index (χ2n) is 6.43. The van der Waals surface area contributed by atoms with Gasteiger partial charge in [-0.2, -0.15) is 0 Å². The first-order valence-corrected chi connectivity index (χ1v) is 8.29. The molecule has 0 aliphatic carbocycles. The van der Waals surface area contributed by atoms with E-state index in [1.165, 1.54) is 0 Å². The van der Waals surface area contributed by atoms with Crippen molar-refractivity contribution in [2.75, 3.05) is 31.9 Å². The van der Waals surface area contributed by atoms with Crippen LogP contribution in [0.5, 0.6) is 0 Å². The van der Waals surface area contributed by atoms with Crippen molar-refractivity contribution in [3.05, 3.63) is 29.8 Å². The maximum Gasteiger partial charge on any atom is 0.251 e. The Kier molecular flexibility index (Phi) is 4.81. The molecular weight excluding hydrogens is 292 g/mol. The Balaban J connectivity index is 1.46. The lowest BCUT2D eigenvalue weighted by Gasteiger charge is -2.20. The summed E-state index contributed by atoms with van der Waals surface area (Å²) in [5.41, 5.74) is 6.84. The van der Waals surface area contributed by atoms with Crippen LogP contribution < -0.4 is 16.4 Å². The zero-order chi connectivity index (χ0) is 16.2. The van der Waals surface area contributed by atoms with E-state index >= 15 is 0 Å². The van der Waals surface area contributed by atoms with Crippen LogP contribution in [0.1, 0.15) is 29.6 Å². The number of hydrogen-bond acceptors (Lipinski definition) is 4. The van der Waals surface area contributed by atoms with Crippen LogP contribution in [0, 0.1) is 5.92 Å². The van der Waals surface area contributed by atoms with E-state index in [1.54, 1.807) is 24.3 Å². The summed E-state index contributed by atoms with van der Waals surface area (Å²) >= 11 is 0. The summed E-state index contributed by atoms with van der Waals surface area (Å²) in [5.74, 6) is 0.385. The molecule has 2 unspecified atom stereocenters. The van der Waals surface area contributed by atoms with Crippen molar-refractivity contribution in [2.45, 2.75) is 25.3 Å². The fourth-order valence-corrected chi connectivity index (χ4v) is 3.33. The smallest absolute Gasteiger partial charge is 0.251 e. The monoisotopic (exact) mass is 316 g/mol. The SMILES string of the molecule is Nc1cccc(C(=O)NCC2CNC(C(=O)N3CCCC3)C2)c1. The van der Waals surface area contributed by atoms with E-state index in [-0.39, 0.29) is 23.8 Å². The predicted octanol–water partition coefficient (Wildman–Crippen LogP) is 0.599. The highest BCUT2D eigenvalue weighted by Gasteiger charge is 2.33. The molecule has 23 heavy (non-hydrogen) atoms. The Morgan fingerprint density at radius 2 is 2.09 bits per heavy atom. The van der Waals surface area contributed by atoms with Gasteiger partial charge in [-0.3, -0.25) is 9.59 Å². The third kappa shape index (κ3) is 3.82. The molecule has 6 nitrogen and oxygen atoms in total. The maximum atomic E-state index is 12.4. The van der Waals surface area contributed by atoms with Gasteiger partial charge in [0, 0.05) is 37.4 Å². The van der Waals surface area contributed by atoms with E-state index in [0.29, 0.717) is 17.8 Å². The van der Waals surface area contributed by atoms with Gasteiger partial charge in [-0.15, -0.1) is 0 Å². The molecule has 2 aliphatic rings. The first-order valence-electron chi connectivity index (χ1n) is 8.29. The van der Waals surface area contributed by atoms with Crippen molar-refractivity contribution >= 4 is 17.5 Å². The van der Waals surface area contributed by atoms with Gasteiger partial charge >= 0.3 is 0 Å². The lowest BCUT2D eigenvalue weighted by molar-refractivity contribution is -0.132. The number of anilines is 1. The second-order valence-corrected chi connectivity index (χ2v) is 6.43. The Bertz CT molecular complexity index is 584. The fraction of sp³-hybridized carbons (Fsp3) is 0.529. The van der Waals surface area contributed by atoms with Gasteiger partial charge in [0.05, 0.1) is 6.04 Å². The van der Waals surface area contributed by atoms with Gasteiger partial charge in [-0.25, -0.2) is 0 Å². The molecule has 1 aromatic carbocycles. The molecule has 124 valence electrons. The van der Waals surface area contributed by atoms with Gasteiger partial charge < -0.3 is 21.3 Å². The Morgan fingerprint density at radius 3 is 2.83 bits per heavy atom. The fourth-order valence-electron chi connectivity index (χ4n) is 3.33. The number of carbonyl (C=O) groups is 2. The van der Waals surface area contributed by atoms with Gasteiger partial charge in [-0.05, 0) is 43.4 Å². The van der Waals surface area contributed by atoms with E-state index in [0.717, 1.165) is 38.9 Å². The first-order chi connectivity index (χ1) is 11.1. The van der Waals surface area contributed by atoms with Crippen molar-refractivity contribution in [1.82, 2.24) is 15.5 Å². The summed E-state index contributed by atoms with van der Waals surface area (Å²) in [6.07, 6.45) is 3.00. The number of amides is 2. The van der Waals surface area contributed by atoms with Crippen molar-refractivity contribution in [3.63, 3.8) is 0 Å². The van der Waals surface area contributed by atoms with Gasteiger partial charge in [0.15, 0.2) is 0 Å². The summed E-state index contributed by atoms with van der Waals surface area (Å²) in [6.45, 7) is 3.10. The summed E-state index contributed by atoms with van der Waals surface area (Å²) in [5, 5.41) is 6.23. The average molecular weight is 316 g/mol. The molecule has 0 bridgehead atoms. The van der Waals surface area contributed by atoms with E-state index < -0.39 is 0 Å². The number of nitrogen functional groups attached to an aromatic ring is 1. The molecule has 2 heterocycles. The summed E-state index contributed by atoms with van der Waals surface area (Å²) in [6, 6.07) is 6.85. The minimum atomic E-state index is -0.119. The highest BCUT2D eigenvalue weighted by Crippen LogP contribution is 2.18. The van der Waals surface area contributed by atoms with Crippen LogP contribution >= 0.6 is 0 Å². The lowest BCUT2D eigenvalue weighted by atomic mass is 10.0. The molecule has 3 rings (SSSR count). The number of benzene rings is 1. The number of nitrogens with two attached hydrogens (primary N) is 1. The van der Waals surface area contributed by atoms with Crippen LogP contribution in [-0.2, 0) is 4.79 Å². The number of hydrogen-bond donors (Lipinski definition) is 3. The summed E-state index contributed by atoms with van der Waals surface area (Å²) in [7, 11) is 0. The normalized spacial score (nSPS) is 23.9. The molecule has 6 heteroatoms. The Morgan fingerprint density at radius 1 is 1.30 bits per heavy atom. The number of carbonyl (C=O) groups excluding carboxylic acids is 2. The number of rotatable bonds is 4. The third-order valence-electron chi connectivity index (χ3n) is 4.64. The van der Waals surface area contributed by atoms with Gasteiger partial charge in [0.1, 0.15) is 0 Å². The molecule has 2 amide bonds. The molecule has 2 saturated heterocycles. The van der Waals surface area contributed by atoms with Crippen molar-refractivity contribution in [2.24, 2.45) is 5.92 Å². The van der Waals surface area contributed by atoms with E-state index in [9.17, 15) is 9.59 Å². The molecule has 4 N–H and O–H groups in total. The largest absolute Gasteiger partial charge is 0.399 e. The quantitative estimate of drug-likeness (QED) is 0.710. The van der Waals surface area contributed by atoms with Crippen LogP contribution in [0.3, 0.4) is 0 Å². The minimum absolute atomic E-state index is 0.0950. The van der Waals surface area contributed by atoms with Crippen molar-refractivity contribution in [1.29, 1.82) is 0 Å². The molecule has 1 aromatic rings. The molecule has 0 saturated carbocycles. The Hall–Kier alpha value is -2.08. The highest BCUT2D eigenvalue weighted by molar-refractivity contribution is 5.95. The molecule has 2 aliphatic heterocycles. The number of nitrogens with one attached hydrogen (secondary N) is 2. The predicted molar refractivity (Wildman–Crippen MR) is 88.9 cm³/mol. The van der Waals surface area contributed by atoms with Gasteiger partial charge in [0.25, 0.3) is 5.91 Å². The van der Waals surface area contributed by atoms with Crippen LogP contribution in [0.4, 0.5) is 5.69 Å². The van der Waals surface area contributed by atoms with Gasteiger partial charge in [-0.1, -0.05) is 6.07 Å². The number of nitrogens with zero attached hydrogens (tertiary/aromatic N) is 1. The third-order valence-corrected chi connectivity index (χ3v) is 4.64. The molecule has 2 atom stereocenters. The number of likely N-dealkylation sites (tertiary alicyclic amines) is 1. The maximum absolute atomic E-state index is 12.4. The topological polar surface area (TPSA) is 87.5 Å². The zero-order valence-corrected chi connectivity index (χ0v) is 13.3. The average Bonchev–Trinajstić information content (AvgIpc) is 3.23. The highest BCUT2D eigenvalue weighted by atomic mass is 16.2. The van der Waals surface area contributed by atoms with E-state index in [2.05, 4.69) is 10.6 Å². The van der Waals surface area contributed by atoms with Crippen molar-refractivity contribution < 1.29 is 9.59 Å². The van der Waals surface area contributed by atoms with E-state index in [1.807, 2.05) is 4.90 Å². The van der Waals surface area contributed by atoms with Gasteiger partial charge in [0.2, 0.25) is 5.91 Å². The first kappa shape index (κ1) is 15.8. The molecule has 0 aromatic heterocycles.